The van der Waals surface area contributed by atoms with E-state index in [0.29, 0.717) is 0 Å². The van der Waals surface area contributed by atoms with Crippen LogP contribution in [0, 0.1) is 17.8 Å². The Bertz CT molecular complexity index is 512. The van der Waals surface area contributed by atoms with Gasteiger partial charge >= 0.3 is 0 Å². The van der Waals surface area contributed by atoms with Gasteiger partial charge in [-0.05, 0) is 31.5 Å². The summed E-state index contributed by atoms with van der Waals surface area (Å²) in [7, 11) is 0. The molecule has 2 rings (SSSR count). The standard InChI is InChI=1S/C21H31NO.ClH/c1-3-22(4-2)18-12-11-17-21(23,19-13-7-5-8-14-19)20-15-9-6-10-16-20;/h5,7-8,13-14,20,23H,3-4,6,9-10,12,15-16,18H2,1-2H3;1H. The summed E-state index contributed by atoms with van der Waals surface area (Å²) in [6, 6.07) is 10.0. The smallest absolute Gasteiger partial charge is 0.153 e. The first kappa shape index (κ1) is 21.0. The van der Waals surface area contributed by atoms with E-state index in [0.717, 1.165) is 44.5 Å². The number of hydrogen-bond donors (Lipinski definition) is 1. The number of aliphatic hydroxyl groups is 1. The number of nitrogens with zero attached hydrogens (tertiary/aromatic N) is 1. The third-order valence-corrected chi connectivity index (χ3v) is 5.14. The van der Waals surface area contributed by atoms with Gasteiger partial charge in [-0.15, -0.1) is 12.4 Å². The van der Waals surface area contributed by atoms with E-state index in [1.54, 1.807) is 0 Å². The second kappa shape index (κ2) is 10.8. The topological polar surface area (TPSA) is 23.5 Å². The molecule has 0 heterocycles. The minimum atomic E-state index is -0.981. The van der Waals surface area contributed by atoms with Crippen LogP contribution in [0.5, 0.6) is 0 Å². The fraction of sp³-hybridized carbons (Fsp3) is 0.619. The number of benzene rings is 1. The summed E-state index contributed by atoms with van der Waals surface area (Å²) in [5.74, 6) is 6.81. The van der Waals surface area contributed by atoms with Gasteiger partial charge in [0.1, 0.15) is 0 Å². The number of rotatable bonds is 6. The maximum atomic E-state index is 11.4. The molecule has 24 heavy (non-hydrogen) atoms. The van der Waals surface area contributed by atoms with E-state index in [9.17, 15) is 5.11 Å². The largest absolute Gasteiger partial charge is 0.373 e. The summed E-state index contributed by atoms with van der Waals surface area (Å²) in [5, 5.41) is 11.4. The van der Waals surface area contributed by atoms with Gasteiger partial charge in [0.05, 0.1) is 0 Å². The average molecular weight is 350 g/mol. The minimum absolute atomic E-state index is 0. The first-order chi connectivity index (χ1) is 11.2. The Morgan fingerprint density at radius 2 is 1.71 bits per heavy atom. The summed E-state index contributed by atoms with van der Waals surface area (Å²) >= 11 is 0. The fourth-order valence-electron chi connectivity index (χ4n) is 3.57. The van der Waals surface area contributed by atoms with Crippen molar-refractivity contribution in [2.45, 2.75) is 58.0 Å². The minimum Gasteiger partial charge on any atom is -0.373 e. The molecule has 3 heteroatoms. The summed E-state index contributed by atoms with van der Waals surface area (Å²) in [5.41, 5.74) is -0.0208. The second-order valence-corrected chi connectivity index (χ2v) is 6.55. The van der Waals surface area contributed by atoms with Gasteiger partial charge in [0, 0.05) is 18.9 Å². The van der Waals surface area contributed by atoms with Gasteiger partial charge in [0.2, 0.25) is 0 Å². The predicted octanol–water partition coefficient (Wildman–Crippen LogP) is 4.61. The maximum absolute atomic E-state index is 11.4. The summed E-state index contributed by atoms with van der Waals surface area (Å²) in [4.78, 5) is 2.37. The van der Waals surface area contributed by atoms with Crippen molar-refractivity contribution in [1.82, 2.24) is 4.90 Å². The highest BCUT2D eigenvalue weighted by Gasteiger charge is 2.37. The Morgan fingerprint density at radius 1 is 1.08 bits per heavy atom. The van der Waals surface area contributed by atoms with Crippen molar-refractivity contribution in [2.24, 2.45) is 5.92 Å². The lowest BCUT2D eigenvalue weighted by molar-refractivity contribution is 0.0159. The lowest BCUT2D eigenvalue weighted by Gasteiger charge is -2.35. The van der Waals surface area contributed by atoms with Gasteiger partial charge in [-0.1, -0.05) is 75.3 Å². The van der Waals surface area contributed by atoms with Gasteiger partial charge in [0.15, 0.2) is 5.60 Å². The zero-order valence-corrected chi connectivity index (χ0v) is 15.9. The van der Waals surface area contributed by atoms with Crippen LogP contribution in [0.1, 0.15) is 57.9 Å². The molecule has 1 fully saturated rings. The van der Waals surface area contributed by atoms with Gasteiger partial charge in [-0.2, -0.15) is 0 Å². The van der Waals surface area contributed by atoms with Crippen molar-refractivity contribution in [1.29, 1.82) is 0 Å². The second-order valence-electron chi connectivity index (χ2n) is 6.55. The zero-order chi connectivity index (χ0) is 16.5. The highest BCUT2D eigenvalue weighted by molar-refractivity contribution is 5.85. The average Bonchev–Trinajstić information content (AvgIpc) is 2.63. The van der Waals surface area contributed by atoms with E-state index < -0.39 is 5.60 Å². The first-order valence-electron chi connectivity index (χ1n) is 9.21. The van der Waals surface area contributed by atoms with Crippen molar-refractivity contribution in [3.63, 3.8) is 0 Å². The highest BCUT2D eigenvalue weighted by atomic mass is 35.5. The summed E-state index contributed by atoms with van der Waals surface area (Å²) < 4.78 is 0. The van der Waals surface area contributed by atoms with Crippen LogP contribution in [0.2, 0.25) is 0 Å². The molecular weight excluding hydrogens is 318 g/mol. The van der Waals surface area contributed by atoms with E-state index in [1.807, 2.05) is 30.3 Å². The Kier molecular flexibility index (Phi) is 9.44. The van der Waals surface area contributed by atoms with Crippen LogP contribution in [-0.4, -0.2) is 29.6 Å². The lowest BCUT2D eigenvalue weighted by Crippen LogP contribution is -2.35. The van der Waals surface area contributed by atoms with Crippen LogP contribution in [0.15, 0.2) is 30.3 Å². The third kappa shape index (κ3) is 5.52. The normalized spacial score (nSPS) is 17.5. The molecule has 1 aliphatic rings. The van der Waals surface area contributed by atoms with Gasteiger partial charge in [-0.3, -0.25) is 0 Å². The first-order valence-corrected chi connectivity index (χ1v) is 9.21. The SMILES string of the molecule is CCN(CC)CCC#CC(O)(c1ccccc1)C1CCCCC1.Cl. The van der Waals surface area contributed by atoms with Crippen LogP contribution < -0.4 is 0 Å². The molecule has 0 amide bonds. The molecule has 1 aliphatic carbocycles. The zero-order valence-electron chi connectivity index (χ0n) is 15.1. The van der Waals surface area contributed by atoms with E-state index in [2.05, 4.69) is 30.6 Å². The molecule has 0 bridgehead atoms. The highest BCUT2D eigenvalue weighted by Crippen LogP contribution is 2.39. The third-order valence-electron chi connectivity index (χ3n) is 5.14. The molecule has 1 aromatic carbocycles. The maximum Gasteiger partial charge on any atom is 0.153 e. The van der Waals surface area contributed by atoms with Gasteiger partial charge < -0.3 is 10.0 Å². The van der Waals surface area contributed by atoms with Crippen molar-refractivity contribution in [2.75, 3.05) is 19.6 Å². The van der Waals surface area contributed by atoms with Crippen LogP contribution in [0.4, 0.5) is 0 Å². The Morgan fingerprint density at radius 3 is 2.29 bits per heavy atom. The molecule has 1 N–H and O–H groups in total. The van der Waals surface area contributed by atoms with E-state index >= 15 is 0 Å². The van der Waals surface area contributed by atoms with Crippen molar-refractivity contribution < 1.29 is 5.11 Å². The van der Waals surface area contributed by atoms with Crippen LogP contribution in [0.25, 0.3) is 0 Å². The van der Waals surface area contributed by atoms with Crippen molar-refractivity contribution in [3.8, 4) is 11.8 Å². The summed E-state index contributed by atoms with van der Waals surface area (Å²) in [6.45, 7) is 7.46. The molecule has 0 radical (unpaired) electrons. The molecule has 1 saturated carbocycles. The molecule has 0 aromatic heterocycles. The molecule has 1 aromatic rings. The predicted molar refractivity (Wildman–Crippen MR) is 104 cm³/mol. The van der Waals surface area contributed by atoms with E-state index in [1.165, 1.54) is 19.3 Å². The Balaban J connectivity index is 0.00000288. The van der Waals surface area contributed by atoms with Crippen LogP contribution in [0.3, 0.4) is 0 Å². The van der Waals surface area contributed by atoms with Gasteiger partial charge in [-0.25, -0.2) is 0 Å². The summed E-state index contributed by atoms with van der Waals surface area (Å²) in [6.07, 6.45) is 6.69. The lowest BCUT2D eigenvalue weighted by atomic mass is 9.73. The van der Waals surface area contributed by atoms with E-state index in [-0.39, 0.29) is 18.3 Å². The number of hydrogen-bond acceptors (Lipinski definition) is 2. The van der Waals surface area contributed by atoms with Crippen LogP contribution in [-0.2, 0) is 5.60 Å². The monoisotopic (exact) mass is 349 g/mol. The van der Waals surface area contributed by atoms with Crippen molar-refractivity contribution in [3.05, 3.63) is 35.9 Å². The fourth-order valence-corrected chi connectivity index (χ4v) is 3.57. The molecular formula is C21H32ClNO. The quantitative estimate of drug-likeness (QED) is 0.758. The molecule has 0 aliphatic heterocycles. The molecule has 1 unspecified atom stereocenters. The number of halogens is 1. The van der Waals surface area contributed by atoms with Crippen LogP contribution >= 0.6 is 12.4 Å². The van der Waals surface area contributed by atoms with Crippen molar-refractivity contribution >= 4 is 12.4 Å². The molecule has 134 valence electrons. The van der Waals surface area contributed by atoms with Gasteiger partial charge in [0.25, 0.3) is 0 Å². The molecule has 0 saturated heterocycles. The molecule has 1 atom stereocenters. The molecule has 2 nitrogen and oxygen atoms in total. The Labute approximate surface area is 154 Å². The Hall–Kier alpha value is -1.01. The molecule has 0 spiro atoms. The van der Waals surface area contributed by atoms with E-state index in [4.69, 9.17) is 0 Å².